The van der Waals surface area contributed by atoms with Gasteiger partial charge in [-0.1, -0.05) is 6.08 Å². The molecule has 0 bridgehead atoms. The molecule has 0 aliphatic carbocycles. The summed E-state index contributed by atoms with van der Waals surface area (Å²) < 4.78 is 5.30. The molecule has 0 saturated heterocycles. The van der Waals surface area contributed by atoms with Crippen LogP contribution in [0.5, 0.6) is 0 Å². The van der Waals surface area contributed by atoms with Crippen molar-refractivity contribution in [3.05, 3.63) is 30.5 Å². The fraction of sp³-hybridized carbons (Fsp3) is 0.364. The summed E-state index contributed by atoms with van der Waals surface area (Å²) in [5.41, 5.74) is 5.19. The van der Waals surface area contributed by atoms with Gasteiger partial charge < -0.3 is 15.8 Å². The minimum absolute atomic E-state index is 0.151. The number of hydrogen-bond donors (Lipinski definition) is 2. The maximum atomic E-state index is 10.7. The molecule has 0 atom stereocenters. The molecule has 1 heterocycles. The SMILES string of the molecule is C=CCCOCCNc1ccc(C(N)=O)nn1. The number of hydrogen-bond acceptors (Lipinski definition) is 5. The standard InChI is InChI=1S/C11H16N4O2/c1-2-3-7-17-8-6-13-10-5-4-9(11(12)16)14-15-10/h2,4-5H,1,3,6-8H2,(H2,12,16)(H,13,15). The van der Waals surface area contributed by atoms with Crippen molar-refractivity contribution in [1.29, 1.82) is 0 Å². The fourth-order valence-electron chi connectivity index (χ4n) is 1.08. The summed E-state index contributed by atoms with van der Waals surface area (Å²) in [5.74, 6) is -0.000806. The molecule has 1 aromatic heterocycles. The molecule has 0 radical (unpaired) electrons. The van der Waals surface area contributed by atoms with Gasteiger partial charge in [-0.2, -0.15) is 0 Å². The molecule has 0 saturated carbocycles. The van der Waals surface area contributed by atoms with E-state index in [1.807, 2.05) is 6.08 Å². The Bertz CT molecular complexity index is 364. The average molecular weight is 236 g/mol. The second-order valence-electron chi connectivity index (χ2n) is 3.28. The number of nitrogens with one attached hydrogen (secondary N) is 1. The van der Waals surface area contributed by atoms with Gasteiger partial charge in [0.15, 0.2) is 5.69 Å². The van der Waals surface area contributed by atoms with Crippen LogP contribution in [0, 0.1) is 0 Å². The lowest BCUT2D eigenvalue weighted by molar-refractivity contribution is 0.0994. The van der Waals surface area contributed by atoms with Crippen molar-refractivity contribution in [2.45, 2.75) is 6.42 Å². The van der Waals surface area contributed by atoms with Crippen molar-refractivity contribution in [1.82, 2.24) is 10.2 Å². The number of nitrogens with zero attached hydrogens (tertiary/aromatic N) is 2. The van der Waals surface area contributed by atoms with Gasteiger partial charge in [-0.05, 0) is 18.6 Å². The number of anilines is 1. The zero-order chi connectivity index (χ0) is 12.5. The first kappa shape index (κ1) is 13.1. The van der Waals surface area contributed by atoms with E-state index in [0.29, 0.717) is 25.6 Å². The maximum Gasteiger partial charge on any atom is 0.269 e. The third kappa shape index (κ3) is 5.07. The molecule has 3 N–H and O–H groups in total. The van der Waals surface area contributed by atoms with Crippen LogP contribution in [0.3, 0.4) is 0 Å². The number of amides is 1. The van der Waals surface area contributed by atoms with Crippen molar-refractivity contribution in [3.63, 3.8) is 0 Å². The van der Waals surface area contributed by atoms with Crippen molar-refractivity contribution < 1.29 is 9.53 Å². The van der Waals surface area contributed by atoms with E-state index in [-0.39, 0.29) is 5.69 Å². The molecule has 0 aliphatic rings. The summed E-state index contributed by atoms with van der Waals surface area (Å²) in [6, 6.07) is 3.17. The predicted molar refractivity (Wildman–Crippen MR) is 64.7 cm³/mol. The van der Waals surface area contributed by atoms with Gasteiger partial charge in [-0.3, -0.25) is 4.79 Å². The maximum absolute atomic E-state index is 10.7. The lowest BCUT2D eigenvalue weighted by Gasteiger charge is -2.05. The number of carbonyl (C=O) groups is 1. The number of primary amides is 1. The zero-order valence-electron chi connectivity index (χ0n) is 9.56. The first-order valence-corrected chi connectivity index (χ1v) is 5.30. The number of rotatable bonds is 8. The van der Waals surface area contributed by atoms with Crippen molar-refractivity contribution in [2.75, 3.05) is 25.1 Å². The summed E-state index contributed by atoms with van der Waals surface area (Å²) in [4.78, 5) is 10.7. The van der Waals surface area contributed by atoms with Crippen LogP contribution in [0.1, 0.15) is 16.9 Å². The first-order valence-electron chi connectivity index (χ1n) is 5.30. The molecule has 0 aromatic carbocycles. The second-order valence-corrected chi connectivity index (χ2v) is 3.28. The molecule has 0 fully saturated rings. The highest BCUT2D eigenvalue weighted by Crippen LogP contribution is 2.00. The van der Waals surface area contributed by atoms with E-state index >= 15 is 0 Å². The van der Waals surface area contributed by atoms with E-state index in [1.54, 1.807) is 6.07 Å². The quantitative estimate of drug-likeness (QED) is 0.509. The van der Waals surface area contributed by atoms with Gasteiger partial charge in [0.2, 0.25) is 0 Å². The predicted octanol–water partition coefficient (Wildman–Crippen LogP) is 0.580. The van der Waals surface area contributed by atoms with E-state index in [2.05, 4.69) is 22.1 Å². The molecular weight excluding hydrogens is 220 g/mol. The minimum Gasteiger partial charge on any atom is -0.379 e. The summed E-state index contributed by atoms with van der Waals surface area (Å²) >= 11 is 0. The van der Waals surface area contributed by atoms with E-state index in [4.69, 9.17) is 10.5 Å². The Balaban J connectivity index is 2.23. The molecule has 1 amide bonds. The van der Waals surface area contributed by atoms with Gasteiger partial charge >= 0.3 is 0 Å². The third-order valence-electron chi connectivity index (χ3n) is 1.94. The number of aromatic nitrogens is 2. The van der Waals surface area contributed by atoms with Crippen LogP contribution in [-0.2, 0) is 4.74 Å². The average Bonchev–Trinajstić information content (AvgIpc) is 2.34. The highest BCUT2D eigenvalue weighted by molar-refractivity contribution is 5.90. The summed E-state index contributed by atoms with van der Waals surface area (Å²) in [5, 5.41) is 10.5. The van der Waals surface area contributed by atoms with Crippen LogP contribution in [0.25, 0.3) is 0 Å². The van der Waals surface area contributed by atoms with Gasteiger partial charge in [0.25, 0.3) is 5.91 Å². The summed E-state index contributed by atoms with van der Waals surface area (Å²) in [7, 11) is 0. The van der Waals surface area contributed by atoms with E-state index in [0.717, 1.165) is 6.42 Å². The molecule has 6 heteroatoms. The summed E-state index contributed by atoms with van der Waals surface area (Å²) in [6.45, 7) is 5.46. The molecular formula is C11H16N4O2. The normalized spacial score (nSPS) is 9.88. The van der Waals surface area contributed by atoms with Crippen molar-refractivity contribution in [3.8, 4) is 0 Å². The van der Waals surface area contributed by atoms with Crippen molar-refractivity contribution >= 4 is 11.7 Å². The number of nitrogens with two attached hydrogens (primary N) is 1. The highest BCUT2D eigenvalue weighted by Gasteiger charge is 2.02. The lowest BCUT2D eigenvalue weighted by atomic mass is 10.4. The second kappa shape index (κ2) is 7.34. The number of ether oxygens (including phenoxy) is 1. The van der Waals surface area contributed by atoms with Gasteiger partial charge in [0.05, 0.1) is 13.2 Å². The van der Waals surface area contributed by atoms with Gasteiger partial charge in [0, 0.05) is 6.54 Å². The van der Waals surface area contributed by atoms with Crippen LogP contribution >= 0.6 is 0 Å². The smallest absolute Gasteiger partial charge is 0.269 e. The van der Waals surface area contributed by atoms with Crippen LogP contribution in [-0.4, -0.2) is 35.9 Å². The van der Waals surface area contributed by atoms with Crippen molar-refractivity contribution in [2.24, 2.45) is 5.73 Å². The number of carbonyl (C=O) groups excluding carboxylic acids is 1. The minimum atomic E-state index is -0.586. The van der Waals surface area contributed by atoms with E-state index in [9.17, 15) is 4.79 Å². The Morgan fingerprint density at radius 3 is 2.88 bits per heavy atom. The van der Waals surface area contributed by atoms with Crippen LogP contribution in [0.4, 0.5) is 5.82 Å². The third-order valence-corrected chi connectivity index (χ3v) is 1.94. The van der Waals surface area contributed by atoms with Gasteiger partial charge in [0.1, 0.15) is 5.82 Å². The van der Waals surface area contributed by atoms with Gasteiger partial charge in [-0.15, -0.1) is 16.8 Å². The van der Waals surface area contributed by atoms with Gasteiger partial charge in [-0.25, -0.2) is 0 Å². The summed E-state index contributed by atoms with van der Waals surface area (Å²) in [6.07, 6.45) is 2.65. The Morgan fingerprint density at radius 1 is 1.47 bits per heavy atom. The molecule has 1 aromatic rings. The fourth-order valence-corrected chi connectivity index (χ4v) is 1.08. The van der Waals surface area contributed by atoms with Crippen LogP contribution < -0.4 is 11.1 Å². The molecule has 0 spiro atoms. The Morgan fingerprint density at radius 2 is 2.29 bits per heavy atom. The lowest BCUT2D eigenvalue weighted by Crippen LogP contribution is -2.15. The monoisotopic (exact) mass is 236 g/mol. The Labute approximate surface area is 99.9 Å². The molecule has 0 unspecified atom stereocenters. The molecule has 1 rings (SSSR count). The molecule has 0 aliphatic heterocycles. The van der Waals surface area contributed by atoms with Crippen LogP contribution in [0.15, 0.2) is 24.8 Å². The Hall–Kier alpha value is -1.95. The molecule has 17 heavy (non-hydrogen) atoms. The Kier molecular flexibility index (Phi) is 5.67. The molecule has 92 valence electrons. The van der Waals surface area contributed by atoms with E-state index in [1.165, 1.54) is 6.07 Å². The zero-order valence-corrected chi connectivity index (χ0v) is 9.56. The molecule has 6 nitrogen and oxygen atoms in total. The first-order chi connectivity index (χ1) is 8.24. The topological polar surface area (TPSA) is 90.1 Å². The van der Waals surface area contributed by atoms with E-state index < -0.39 is 5.91 Å². The largest absolute Gasteiger partial charge is 0.379 e. The highest BCUT2D eigenvalue weighted by atomic mass is 16.5. The van der Waals surface area contributed by atoms with Crippen LogP contribution in [0.2, 0.25) is 0 Å².